The Morgan fingerprint density at radius 2 is 1.62 bits per heavy atom. The van der Waals surface area contributed by atoms with Gasteiger partial charge in [-0.3, -0.25) is 4.99 Å². The molecule has 0 bridgehead atoms. The van der Waals surface area contributed by atoms with Gasteiger partial charge in [0, 0.05) is 47.6 Å². The summed E-state index contributed by atoms with van der Waals surface area (Å²) in [6.45, 7) is 7.62. The van der Waals surface area contributed by atoms with Gasteiger partial charge in [0.2, 0.25) is 0 Å². The molecule has 1 fully saturated rings. The van der Waals surface area contributed by atoms with Gasteiger partial charge in [-0.15, -0.1) is 0 Å². The van der Waals surface area contributed by atoms with Crippen LogP contribution in [-0.2, 0) is 4.74 Å². The molecule has 1 aliphatic rings. The fourth-order valence-corrected chi connectivity index (χ4v) is 3.72. The first-order chi connectivity index (χ1) is 14.2. The molecule has 1 saturated heterocycles. The minimum atomic E-state index is 0.665. The number of aromatic nitrogens is 1. The number of ether oxygens (including phenoxy) is 1. The third-order valence-electron chi connectivity index (χ3n) is 5.30. The third-order valence-corrected chi connectivity index (χ3v) is 5.30. The monoisotopic (exact) mass is 384 g/mol. The molecule has 5 heteroatoms. The Bertz CT molecular complexity index is 1050. The minimum Gasteiger partial charge on any atom is -0.378 e. The zero-order valence-corrected chi connectivity index (χ0v) is 16.8. The van der Waals surface area contributed by atoms with E-state index in [9.17, 15) is 0 Å². The topological polar surface area (TPSA) is 53.5 Å². The van der Waals surface area contributed by atoms with Crippen LogP contribution in [0.15, 0.2) is 59.6 Å². The standard InChI is InChI=1S/C24H24N4O/c1-18-15-21(19(2)28(18)24-7-3-20(16-25)4-8-24)17-26-22-5-9-23(10-6-22)27-11-13-29-14-12-27/h3-10,15,17H,11-14H2,1-2H3. The molecule has 2 aromatic carbocycles. The van der Waals surface area contributed by atoms with Crippen LogP contribution < -0.4 is 4.90 Å². The number of benzene rings is 2. The van der Waals surface area contributed by atoms with Gasteiger partial charge in [-0.2, -0.15) is 5.26 Å². The number of anilines is 1. The van der Waals surface area contributed by atoms with E-state index in [1.807, 2.05) is 30.5 Å². The average molecular weight is 384 g/mol. The van der Waals surface area contributed by atoms with Gasteiger partial charge in [-0.25, -0.2) is 0 Å². The highest BCUT2D eigenvalue weighted by Crippen LogP contribution is 2.23. The molecule has 1 aliphatic heterocycles. The van der Waals surface area contributed by atoms with Crippen LogP contribution >= 0.6 is 0 Å². The Hall–Kier alpha value is -3.36. The number of hydrogen-bond donors (Lipinski definition) is 0. The molecule has 0 saturated carbocycles. The minimum absolute atomic E-state index is 0.665. The Kier molecular flexibility index (Phi) is 5.46. The fourth-order valence-electron chi connectivity index (χ4n) is 3.72. The lowest BCUT2D eigenvalue weighted by molar-refractivity contribution is 0.122. The maximum Gasteiger partial charge on any atom is 0.0991 e. The maximum atomic E-state index is 9.00. The van der Waals surface area contributed by atoms with E-state index in [-0.39, 0.29) is 0 Å². The molecule has 5 nitrogen and oxygen atoms in total. The number of aliphatic imine (C=N–C) groups is 1. The summed E-state index contributed by atoms with van der Waals surface area (Å²) in [7, 11) is 0. The van der Waals surface area contributed by atoms with Gasteiger partial charge in [0.05, 0.1) is 30.5 Å². The van der Waals surface area contributed by atoms with Crippen molar-refractivity contribution in [3.63, 3.8) is 0 Å². The van der Waals surface area contributed by atoms with E-state index >= 15 is 0 Å². The highest BCUT2D eigenvalue weighted by Gasteiger charge is 2.11. The van der Waals surface area contributed by atoms with Gasteiger partial charge in [-0.1, -0.05) is 0 Å². The summed E-state index contributed by atoms with van der Waals surface area (Å²) in [6, 6.07) is 20.3. The lowest BCUT2D eigenvalue weighted by Crippen LogP contribution is -2.36. The SMILES string of the molecule is Cc1cc(C=Nc2ccc(N3CCOCC3)cc2)c(C)n1-c1ccc(C#N)cc1. The maximum absolute atomic E-state index is 9.00. The van der Waals surface area contributed by atoms with Gasteiger partial charge in [0.15, 0.2) is 0 Å². The highest BCUT2D eigenvalue weighted by molar-refractivity contribution is 5.84. The van der Waals surface area contributed by atoms with Crippen LogP contribution in [0.4, 0.5) is 11.4 Å². The van der Waals surface area contributed by atoms with E-state index in [0.717, 1.165) is 54.6 Å². The zero-order valence-electron chi connectivity index (χ0n) is 16.8. The summed E-state index contributed by atoms with van der Waals surface area (Å²) in [5.74, 6) is 0. The van der Waals surface area contributed by atoms with Crippen molar-refractivity contribution in [3.05, 3.63) is 77.1 Å². The smallest absolute Gasteiger partial charge is 0.0991 e. The largest absolute Gasteiger partial charge is 0.378 e. The lowest BCUT2D eigenvalue weighted by Gasteiger charge is -2.28. The molecular formula is C24H24N4O. The van der Waals surface area contributed by atoms with Crippen molar-refractivity contribution in [2.75, 3.05) is 31.2 Å². The van der Waals surface area contributed by atoms with Crippen molar-refractivity contribution in [1.29, 1.82) is 5.26 Å². The lowest BCUT2D eigenvalue weighted by atomic mass is 10.2. The van der Waals surface area contributed by atoms with Gasteiger partial charge in [-0.05, 0) is 68.4 Å². The molecule has 4 rings (SSSR count). The first-order valence-electron chi connectivity index (χ1n) is 9.82. The predicted octanol–water partition coefficient (Wildman–Crippen LogP) is 4.55. The van der Waals surface area contributed by atoms with Crippen molar-refractivity contribution < 1.29 is 4.74 Å². The molecule has 0 radical (unpaired) electrons. The zero-order chi connectivity index (χ0) is 20.2. The molecule has 0 spiro atoms. The van der Waals surface area contributed by atoms with Crippen LogP contribution in [0.5, 0.6) is 0 Å². The summed E-state index contributed by atoms with van der Waals surface area (Å²) in [6.07, 6.45) is 1.92. The molecule has 0 atom stereocenters. The predicted molar refractivity (Wildman–Crippen MR) is 117 cm³/mol. The first kappa shape index (κ1) is 19.0. The van der Waals surface area contributed by atoms with E-state index in [2.05, 4.69) is 64.7 Å². The third kappa shape index (κ3) is 4.08. The Balaban J connectivity index is 1.53. The van der Waals surface area contributed by atoms with E-state index in [1.165, 1.54) is 5.69 Å². The van der Waals surface area contributed by atoms with E-state index in [1.54, 1.807) is 0 Å². The van der Waals surface area contributed by atoms with E-state index in [0.29, 0.717) is 5.56 Å². The normalized spacial score (nSPS) is 14.3. The molecule has 29 heavy (non-hydrogen) atoms. The molecule has 3 aromatic rings. The van der Waals surface area contributed by atoms with Crippen molar-refractivity contribution in [3.8, 4) is 11.8 Å². The molecule has 0 N–H and O–H groups in total. The van der Waals surface area contributed by atoms with Gasteiger partial charge in [0.1, 0.15) is 0 Å². The molecule has 1 aromatic heterocycles. The van der Waals surface area contributed by atoms with Crippen molar-refractivity contribution in [2.24, 2.45) is 4.99 Å². The van der Waals surface area contributed by atoms with Gasteiger partial charge >= 0.3 is 0 Å². The average Bonchev–Trinajstić information content (AvgIpc) is 3.06. The van der Waals surface area contributed by atoms with Crippen LogP contribution in [0.3, 0.4) is 0 Å². The van der Waals surface area contributed by atoms with Crippen molar-refractivity contribution in [2.45, 2.75) is 13.8 Å². The summed E-state index contributed by atoms with van der Waals surface area (Å²) in [4.78, 5) is 7.01. The second kappa shape index (κ2) is 8.34. The van der Waals surface area contributed by atoms with Crippen LogP contribution in [0.2, 0.25) is 0 Å². The Labute approximate surface area is 171 Å². The highest BCUT2D eigenvalue weighted by atomic mass is 16.5. The molecule has 0 amide bonds. The van der Waals surface area contributed by atoms with Gasteiger partial charge in [0.25, 0.3) is 0 Å². The number of nitrogens with zero attached hydrogens (tertiary/aromatic N) is 4. The Morgan fingerprint density at radius 3 is 2.28 bits per heavy atom. The quantitative estimate of drug-likeness (QED) is 0.620. The summed E-state index contributed by atoms with van der Waals surface area (Å²) in [5.41, 5.74) is 7.21. The second-order valence-corrected chi connectivity index (χ2v) is 7.19. The summed E-state index contributed by atoms with van der Waals surface area (Å²) >= 11 is 0. The first-order valence-corrected chi connectivity index (χ1v) is 9.82. The van der Waals surface area contributed by atoms with Crippen LogP contribution in [-0.4, -0.2) is 37.1 Å². The summed E-state index contributed by atoms with van der Waals surface area (Å²) < 4.78 is 7.60. The van der Waals surface area contributed by atoms with E-state index < -0.39 is 0 Å². The van der Waals surface area contributed by atoms with Crippen molar-refractivity contribution >= 4 is 17.6 Å². The summed E-state index contributed by atoms with van der Waals surface area (Å²) in [5, 5.41) is 9.00. The van der Waals surface area contributed by atoms with Crippen LogP contribution in [0, 0.1) is 25.2 Å². The Morgan fingerprint density at radius 1 is 0.966 bits per heavy atom. The fraction of sp³-hybridized carbons (Fsp3) is 0.250. The molecular weight excluding hydrogens is 360 g/mol. The number of nitriles is 1. The van der Waals surface area contributed by atoms with Gasteiger partial charge < -0.3 is 14.2 Å². The van der Waals surface area contributed by atoms with Crippen LogP contribution in [0.25, 0.3) is 5.69 Å². The number of rotatable bonds is 4. The molecule has 0 aliphatic carbocycles. The number of aryl methyl sites for hydroxylation is 1. The van der Waals surface area contributed by atoms with Crippen LogP contribution in [0.1, 0.15) is 22.5 Å². The van der Waals surface area contributed by atoms with E-state index in [4.69, 9.17) is 10.00 Å². The number of morpholine rings is 1. The van der Waals surface area contributed by atoms with Crippen molar-refractivity contribution in [1.82, 2.24) is 4.57 Å². The molecule has 0 unspecified atom stereocenters. The second-order valence-electron chi connectivity index (χ2n) is 7.19. The number of hydrogen-bond acceptors (Lipinski definition) is 4. The molecule has 146 valence electrons. The molecule has 2 heterocycles.